The number of benzene rings is 3. The van der Waals surface area contributed by atoms with Gasteiger partial charge in [-0.2, -0.15) is 10.4 Å². The van der Waals surface area contributed by atoms with Crippen LogP contribution in [0.25, 0.3) is 23.0 Å². The summed E-state index contributed by atoms with van der Waals surface area (Å²) in [4.78, 5) is 28.4. The highest BCUT2D eigenvalue weighted by atomic mass is 16.5. The molecular weight excluding hydrogens is 568 g/mol. The summed E-state index contributed by atoms with van der Waals surface area (Å²) < 4.78 is 18.3. The van der Waals surface area contributed by atoms with Gasteiger partial charge in [0.1, 0.15) is 17.4 Å². The fourth-order valence-electron chi connectivity index (χ4n) is 5.16. The number of aromatic nitrogens is 2. The zero-order valence-corrected chi connectivity index (χ0v) is 25.9. The monoisotopic (exact) mass is 602 g/mol. The van der Waals surface area contributed by atoms with E-state index in [1.807, 2.05) is 92.8 Å². The zero-order valence-electron chi connectivity index (χ0n) is 25.9. The van der Waals surface area contributed by atoms with E-state index in [1.165, 1.54) is 0 Å². The summed E-state index contributed by atoms with van der Waals surface area (Å²) in [5.74, 6) is 0.775. The Bertz CT molecular complexity index is 1830. The molecule has 1 aromatic heterocycles. The number of carbonyl (C=O) groups is 2. The van der Waals surface area contributed by atoms with E-state index in [0.717, 1.165) is 27.5 Å². The average molecular weight is 603 g/mol. The van der Waals surface area contributed by atoms with Crippen molar-refractivity contribution in [2.24, 2.45) is 0 Å². The van der Waals surface area contributed by atoms with Crippen molar-refractivity contribution in [3.8, 4) is 40.3 Å². The Morgan fingerprint density at radius 3 is 2.29 bits per heavy atom. The number of hydrogen-bond donors (Lipinski definition) is 0. The molecule has 0 spiro atoms. The largest absolute Gasteiger partial charge is 0.493 e. The molecule has 0 N–H and O–H groups in total. The second kappa shape index (κ2) is 13.3. The van der Waals surface area contributed by atoms with Crippen molar-refractivity contribution in [2.75, 3.05) is 20.8 Å². The van der Waals surface area contributed by atoms with E-state index < -0.39 is 11.8 Å². The highest BCUT2D eigenvalue weighted by Crippen LogP contribution is 2.33. The molecular formula is C36H34N4O5. The average Bonchev–Trinajstić information content (AvgIpc) is 3.47. The summed E-state index contributed by atoms with van der Waals surface area (Å²) in [6.07, 6.45) is 3.95. The maximum atomic E-state index is 13.9. The van der Waals surface area contributed by atoms with Crippen molar-refractivity contribution in [1.29, 1.82) is 5.26 Å². The van der Waals surface area contributed by atoms with E-state index in [0.29, 0.717) is 34.8 Å². The van der Waals surface area contributed by atoms with Gasteiger partial charge in [0.2, 0.25) is 0 Å². The van der Waals surface area contributed by atoms with Crippen molar-refractivity contribution in [3.63, 3.8) is 0 Å². The lowest BCUT2D eigenvalue weighted by Crippen LogP contribution is -2.43. The number of hydrogen-bond acceptors (Lipinski definition) is 7. The van der Waals surface area contributed by atoms with E-state index in [1.54, 1.807) is 38.0 Å². The minimum absolute atomic E-state index is 0.0345. The van der Waals surface area contributed by atoms with Gasteiger partial charge in [-0.3, -0.25) is 14.5 Å². The first-order valence-corrected chi connectivity index (χ1v) is 14.6. The smallest absolute Gasteiger partial charge is 0.271 e. The molecule has 1 aliphatic rings. The third-order valence-electron chi connectivity index (χ3n) is 7.46. The third kappa shape index (κ3) is 6.50. The number of imide groups is 1. The Morgan fingerprint density at radius 1 is 0.933 bits per heavy atom. The van der Waals surface area contributed by atoms with Gasteiger partial charge >= 0.3 is 0 Å². The van der Waals surface area contributed by atoms with Crippen LogP contribution in [0.2, 0.25) is 0 Å². The molecule has 45 heavy (non-hydrogen) atoms. The quantitative estimate of drug-likeness (QED) is 0.158. The molecule has 228 valence electrons. The Hall–Kier alpha value is -5.62. The molecule has 0 atom stereocenters. The van der Waals surface area contributed by atoms with Gasteiger partial charge in [0.15, 0.2) is 11.5 Å². The molecule has 9 nitrogen and oxygen atoms in total. The van der Waals surface area contributed by atoms with Crippen LogP contribution in [0.1, 0.15) is 31.9 Å². The summed E-state index contributed by atoms with van der Waals surface area (Å²) in [5.41, 5.74) is 4.32. The molecule has 0 aliphatic carbocycles. The number of para-hydroxylation sites is 1. The van der Waals surface area contributed by atoms with Crippen LogP contribution in [0.5, 0.6) is 17.2 Å². The van der Waals surface area contributed by atoms with Gasteiger partial charge in [0, 0.05) is 29.4 Å². The van der Waals surface area contributed by atoms with Crippen LogP contribution in [-0.2, 0) is 16.0 Å². The summed E-state index contributed by atoms with van der Waals surface area (Å²) in [5, 5.41) is 14.8. The van der Waals surface area contributed by atoms with Crippen molar-refractivity contribution in [2.45, 2.75) is 33.3 Å². The first-order valence-electron chi connectivity index (χ1n) is 14.6. The molecule has 0 fully saturated rings. The van der Waals surface area contributed by atoms with Crippen LogP contribution in [0.3, 0.4) is 0 Å². The Morgan fingerprint density at radius 2 is 1.64 bits per heavy atom. The molecule has 0 bridgehead atoms. The minimum atomic E-state index is -0.612. The molecule has 3 aromatic carbocycles. The SMILES string of the molecule is COc1ccc(CCN2C(=O)C(C#N)=C(C)/C(=C\c3cn(-c4ccccc4)nc3-c3ccc(OC(C)C)cc3)C2=O)cc1OC. The minimum Gasteiger partial charge on any atom is -0.493 e. The molecule has 0 saturated heterocycles. The van der Waals surface area contributed by atoms with E-state index in [-0.39, 0.29) is 23.8 Å². The molecule has 2 amide bonds. The van der Waals surface area contributed by atoms with Crippen LogP contribution in [0.15, 0.2) is 95.7 Å². The summed E-state index contributed by atoms with van der Waals surface area (Å²) in [7, 11) is 3.10. The molecule has 1 aliphatic heterocycles. The molecule has 2 heterocycles. The normalized spacial score (nSPS) is 14.2. The van der Waals surface area contributed by atoms with Gasteiger partial charge in [-0.1, -0.05) is 24.3 Å². The van der Waals surface area contributed by atoms with Gasteiger partial charge in [0.05, 0.1) is 31.7 Å². The molecule has 0 unspecified atom stereocenters. The molecule has 0 radical (unpaired) electrons. The predicted octanol–water partition coefficient (Wildman–Crippen LogP) is 6.18. The molecule has 5 rings (SSSR count). The van der Waals surface area contributed by atoms with Crippen LogP contribution < -0.4 is 14.2 Å². The number of ether oxygens (including phenoxy) is 3. The number of methoxy groups -OCH3 is 2. The first-order chi connectivity index (χ1) is 21.7. The first kappa shape index (κ1) is 30.8. The van der Waals surface area contributed by atoms with Crippen LogP contribution in [0.4, 0.5) is 0 Å². The number of carbonyl (C=O) groups excluding carboxylic acids is 2. The van der Waals surface area contributed by atoms with Crippen LogP contribution >= 0.6 is 0 Å². The van der Waals surface area contributed by atoms with Crippen molar-refractivity contribution in [1.82, 2.24) is 14.7 Å². The second-order valence-electron chi connectivity index (χ2n) is 10.8. The molecule has 4 aromatic rings. The van der Waals surface area contributed by atoms with E-state index in [9.17, 15) is 14.9 Å². The number of nitriles is 1. The third-order valence-corrected chi connectivity index (χ3v) is 7.46. The Labute approximate surface area is 262 Å². The number of nitrogens with zero attached hydrogens (tertiary/aromatic N) is 4. The second-order valence-corrected chi connectivity index (χ2v) is 10.8. The molecule has 0 saturated carbocycles. The van der Waals surface area contributed by atoms with E-state index in [2.05, 4.69) is 0 Å². The maximum Gasteiger partial charge on any atom is 0.271 e. The number of rotatable bonds is 10. The lowest BCUT2D eigenvalue weighted by molar-refractivity contribution is -0.140. The van der Waals surface area contributed by atoms with Crippen molar-refractivity contribution >= 4 is 17.9 Å². The topological polar surface area (TPSA) is 107 Å². The van der Waals surface area contributed by atoms with Gasteiger partial charge < -0.3 is 14.2 Å². The van der Waals surface area contributed by atoms with E-state index >= 15 is 0 Å². The number of amides is 2. The van der Waals surface area contributed by atoms with Gasteiger partial charge in [-0.15, -0.1) is 0 Å². The molecule has 9 heteroatoms. The van der Waals surface area contributed by atoms with Gasteiger partial charge in [0.25, 0.3) is 11.8 Å². The standard InChI is InChI=1S/C36H34N4O5/c1-23(2)45-29-14-12-26(13-15-29)34-27(22-40(38-34)28-9-7-6-8-10-28)20-30-24(3)31(21-37)36(42)39(35(30)41)18-17-25-11-16-32(43-4)33(19-25)44-5/h6-16,19-20,22-23H,17-18H2,1-5H3/b30-20+. The van der Waals surface area contributed by atoms with Gasteiger partial charge in [-0.05, 0) is 92.9 Å². The highest BCUT2D eigenvalue weighted by Gasteiger charge is 2.35. The van der Waals surface area contributed by atoms with Crippen LogP contribution in [0, 0.1) is 11.3 Å². The van der Waals surface area contributed by atoms with Crippen LogP contribution in [-0.4, -0.2) is 53.4 Å². The summed E-state index contributed by atoms with van der Waals surface area (Å²) in [6.45, 7) is 5.64. The predicted molar refractivity (Wildman–Crippen MR) is 171 cm³/mol. The zero-order chi connectivity index (χ0) is 32.1. The Balaban J connectivity index is 1.54. The lowest BCUT2D eigenvalue weighted by Gasteiger charge is -2.27. The summed E-state index contributed by atoms with van der Waals surface area (Å²) in [6, 6.07) is 24.7. The Kier molecular flexibility index (Phi) is 9.14. The fourth-order valence-corrected chi connectivity index (χ4v) is 5.16. The highest BCUT2D eigenvalue weighted by molar-refractivity contribution is 6.19. The lowest BCUT2D eigenvalue weighted by atomic mass is 9.93. The van der Waals surface area contributed by atoms with E-state index in [4.69, 9.17) is 19.3 Å². The maximum absolute atomic E-state index is 13.9. The fraction of sp³-hybridized carbons (Fsp3) is 0.222. The summed E-state index contributed by atoms with van der Waals surface area (Å²) >= 11 is 0. The van der Waals surface area contributed by atoms with Crippen molar-refractivity contribution in [3.05, 3.63) is 107 Å². The van der Waals surface area contributed by atoms with Crippen molar-refractivity contribution < 1.29 is 23.8 Å². The van der Waals surface area contributed by atoms with Gasteiger partial charge in [-0.25, -0.2) is 4.68 Å².